The molecule has 1 fully saturated rings. The molecule has 0 unspecified atom stereocenters. The molecule has 0 saturated carbocycles. The van der Waals surface area contributed by atoms with Crippen LogP contribution in [-0.2, 0) is 4.74 Å². The number of ether oxygens (including phenoxy) is 1. The Kier molecular flexibility index (Phi) is 5.40. The zero-order chi connectivity index (χ0) is 19.6. The Hall–Kier alpha value is -2.82. The second kappa shape index (κ2) is 7.20. The third-order valence-corrected chi connectivity index (χ3v) is 4.06. The Bertz CT molecular complexity index is 739. The van der Waals surface area contributed by atoms with Gasteiger partial charge in [-0.25, -0.2) is 14.6 Å². The van der Waals surface area contributed by atoms with E-state index in [1.165, 1.54) is 6.07 Å². The van der Waals surface area contributed by atoms with Gasteiger partial charge in [-0.05, 0) is 46.8 Å². The summed E-state index contributed by atoms with van der Waals surface area (Å²) in [4.78, 5) is 31.4. The third kappa shape index (κ3) is 4.23. The van der Waals surface area contributed by atoms with E-state index in [4.69, 9.17) is 15.1 Å². The number of pyridine rings is 1. The van der Waals surface area contributed by atoms with Crippen LogP contribution in [0.2, 0.25) is 0 Å². The number of amides is 1. The van der Waals surface area contributed by atoms with Gasteiger partial charge < -0.3 is 14.7 Å². The summed E-state index contributed by atoms with van der Waals surface area (Å²) in [6, 6.07) is 4.56. The number of hydrogen-bond donors (Lipinski definition) is 1. The minimum absolute atomic E-state index is 0.120. The van der Waals surface area contributed by atoms with Crippen LogP contribution in [0, 0.1) is 11.3 Å². The molecule has 0 bridgehead atoms. The van der Waals surface area contributed by atoms with E-state index in [2.05, 4.69) is 4.98 Å². The predicted molar refractivity (Wildman–Crippen MR) is 95.1 cm³/mol. The molecule has 26 heavy (non-hydrogen) atoms. The van der Waals surface area contributed by atoms with Crippen molar-refractivity contribution in [3.63, 3.8) is 0 Å². The first-order chi connectivity index (χ1) is 12.0. The normalized spacial score (nSPS) is 20.5. The van der Waals surface area contributed by atoms with Gasteiger partial charge in [0.25, 0.3) is 0 Å². The van der Waals surface area contributed by atoms with Crippen molar-refractivity contribution in [1.82, 2.24) is 9.88 Å². The van der Waals surface area contributed by atoms with Gasteiger partial charge in [-0.1, -0.05) is 0 Å². The lowest BCUT2D eigenvalue weighted by atomic mass is 10.1. The summed E-state index contributed by atoms with van der Waals surface area (Å²) in [6.07, 6.45) is -0.357. The molecule has 1 saturated heterocycles. The number of carboxylic acid groups (broad SMARTS) is 1. The van der Waals surface area contributed by atoms with Crippen molar-refractivity contribution in [2.24, 2.45) is 0 Å². The van der Waals surface area contributed by atoms with Crippen molar-refractivity contribution in [3.05, 3.63) is 23.4 Å². The minimum Gasteiger partial charge on any atom is -0.478 e. The van der Waals surface area contributed by atoms with Gasteiger partial charge in [0, 0.05) is 13.1 Å². The molecule has 1 aliphatic heterocycles. The van der Waals surface area contributed by atoms with E-state index in [1.54, 1.807) is 11.0 Å². The lowest BCUT2D eigenvalue weighted by molar-refractivity contribution is 0.00558. The van der Waals surface area contributed by atoms with Crippen LogP contribution in [-0.4, -0.2) is 57.8 Å². The van der Waals surface area contributed by atoms with E-state index in [-0.39, 0.29) is 29.4 Å². The van der Waals surface area contributed by atoms with E-state index in [0.29, 0.717) is 18.9 Å². The second-order valence-electron chi connectivity index (χ2n) is 7.47. The van der Waals surface area contributed by atoms with E-state index in [9.17, 15) is 9.59 Å². The van der Waals surface area contributed by atoms with Gasteiger partial charge in [0.2, 0.25) is 0 Å². The standard InChI is InChI=1S/C18H24N4O4/c1-11-9-21(10-12(2)22(11)17(25)26-18(3,4)5)15-7-6-13(16(23)24)14(8-19)20-15/h6-7,11-12H,9-10H2,1-5H3,(H,23,24)/t11-,12+. The molecule has 0 spiro atoms. The van der Waals surface area contributed by atoms with Crippen molar-refractivity contribution in [2.75, 3.05) is 18.0 Å². The summed E-state index contributed by atoms with van der Waals surface area (Å²) in [7, 11) is 0. The summed E-state index contributed by atoms with van der Waals surface area (Å²) < 4.78 is 5.48. The molecule has 8 heteroatoms. The van der Waals surface area contributed by atoms with Crippen molar-refractivity contribution < 1.29 is 19.4 Å². The molecule has 1 aromatic heterocycles. The number of carbonyl (C=O) groups is 2. The highest BCUT2D eigenvalue weighted by Gasteiger charge is 2.36. The van der Waals surface area contributed by atoms with Crippen LogP contribution in [0.25, 0.3) is 0 Å². The number of aromatic carboxylic acids is 1. The fourth-order valence-electron chi connectivity index (χ4n) is 3.07. The number of carboxylic acids is 1. The molecule has 0 aromatic carbocycles. The van der Waals surface area contributed by atoms with Gasteiger partial charge in [-0.3, -0.25) is 4.90 Å². The summed E-state index contributed by atoms with van der Waals surface area (Å²) in [5, 5.41) is 18.3. The Morgan fingerprint density at radius 3 is 2.31 bits per heavy atom. The number of hydrogen-bond acceptors (Lipinski definition) is 6. The molecular formula is C18H24N4O4. The Balaban J connectivity index is 2.20. The van der Waals surface area contributed by atoms with Crippen LogP contribution in [0.15, 0.2) is 12.1 Å². The van der Waals surface area contributed by atoms with Gasteiger partial charge in [-0.15, -0.1) is 0 Å². The van der Waals surface area contributed by atoms with Gasteiger partial charge in [0.1, 0.15) is 17.5 Å². The first-order valence-corrected chi connectivity index (χ1v) is 8.44. The van der Waals surface area contributed by atoms with E-state index in [1.807, 2.05) is 45.6 Å². The van der Waals surface area contributed by atoms with Crippen molar-refractivity contribution in [1.29, 1.82) is 5.26 Å². The Labute approximate surface area is 153 Å². The van der Waals surface area contributed by atoms with Crippen LogP contribution < -0.4 is 4.90 Å². The van der Waals surface area contributed by atoms with Gasteiger partial charge in [0.05, 0.1) is 17.6 Å². The van der Waals surface area contributed by atoms with Crippen LogP contribution in [0.4, 0.5) is 10.6 Å². The Morgan fingerprint density at radius 2 is 1.85 bits per heavy atom. The summed E-state index contributed by atoms with van der Waals surface area (Å²) >= 11 is 0. The largest absolute Gasteiger partial charge is 0.478 e. The molecular weight excluding hydrogens is 336 g/mol. The van der Waals surface area contributed by atoms with Gasteiger partial charge in [-0.2, -0.15) is 5.26 Å². The molecule has 2 rings (SSSR count). The maximum atomic E-state index is 12.5. The predicted octanol–water partition coefficient (Wildman–Crippen LogP) is 2.49. The van der Waals surface area contributed by atoms with E-state index in [0.717, 1.165) is 0 Å². The average Bonchev–Trinajstić information content (AvgIpc) is 2.51. The summed E-state index contributed by atoms with van der Waals surface area (Å²) in [5.41, 5.74) is -0.807. The zero-order valence-corrected chi connectivity index (χ0v) is 15.7. The van der Waals surface area contributed by atoms with Crippen molar-refractivity contribution in [2.45, 2.75) is 52.3 Å². The van der Waals surface area contributed by atoms with Crippen LogP contribution >= 0.6 is 0 Å². The van der Waals surface area contributed by atoms with E-state index >= 15 is 0 Å². The van der Waals surface area contributed by atoms with Crippen molar-refractivity contribution in [3.8, 4) is 6.07 Å². The number of carbonyl (C=O) groups excluding carboxylic acids is 1. The van der Waals surface area contributed by atoms with Crippen LogP contribution in [0.5, 0.6) is 0 Å². The number of anilines is 1. The molecule has 1 N–H and O–H groups in total. The number of rotatable bonds is 2. The molecule has 2 atom stereocenters. The topological polar surface area (TPSA) is 107 Å². The molecule has 140 valence electrons. The molecule has 0 radical (unpaired) electrons. The highest BCUT2D eigenvalue weighted by molar-refractivity contribution is 5.90. The average molecular weight is 360 g/mol. The lowest BCUT2D eigenvalue weighted by Gasteiger charge is -2.44. The SMILES string of the molecule is C[C@@H]1CN(c2ccc(C(=O)O)c(C#N)n2)C[C@H](C)N1C(=O)OC(C)(C)C. The van der Waals surface area contributed by atoms with E-state index < -0.39 is 11.6 Å². The maximum absolute atomic E-state index is 12.5. The monoisotopic (exact) mass is 360 g/mol. The molecule has 2 heterocycles. The third-order valence-electron chi connectivity index (χ3n) is 4.06. The smallest absolute Gasteiger partial charge is 0.410 e. The highest BCUT2D eigenvalue weighted by Crippen LogP contribution is 2.24. The molecule has 8 nitrogen and oxygen atoms in total. The zero-order valence-electron chi connectivity index (χ0n) is 15.7. The van der Waals surface area contributed by atoms with Crippen molar-refractivity contribution >= 4 is 17.9 Å². The van der Waals surface area contributed by atoms with Crippen LogP contribution in [0.1, 0.15) is 50.7 Å². The second-order valence-corrected chi connectivity index (χ2v) is 7.47. The summed E-state index contributed by atoms with van der Waals surface area (Å²) in [6.45, 7) is 10.3. The summed E-state index contributed by atoms with van der Waals surface area (Å²) in [5.74, 6) is -0.661. The number of piperazine rings is 1. The minimum atomic E-state index is -1.18. The first kappa shape index (κ1) is 19.5. The molecule has 0 aliphatic carbocycles. The number of nitrogens with zero attached hydrogens (tertiary/aromatic N) is 4. The fourth-order valence-corrected chi connectivity index (χ4v) is 3.07. The first-order valence-electron chi connectivity index (χ1n) is 8.44. The Morgan fingerprint density at radius 1 is 1.27 bits per heavy atom. The molecule has 1 aliphatic rings. The lowest BCUT2D eigenvalue weighted by Crippen LogP contribution is -2.59. The molecule has 1 aromatic rings. The molecule has 1 amide bonds. The van der Waals surface area contributed by atoms with Gasteiger partial charge in [0.15, 0.2) is 5.69 Å². The quantitative estimate of drug-likeness (QED) is 0.863. The number of aromatic nitrogens is 1. The number of nitriles is 1. The van der Waals surface area contributed by atoms with Crippen LogP contribution in [0.3, 0.4) is 0 Å². The highest BCUT2D eigenvalue weighted by atomic mass is 16.6. The fraction of sp³-hybridized carbons (Fsp3) is 0.556. The maximum Gasteiger partial charge on any atom is 0.410 e. The van der Waals surface area contributed by atoms with Gasteiger partial charge >= 0.3 is 12.1 Å².